The zero-order chi connectivity index (χ0) is 10.6. The summed E-state index contributed by atoms with van der Waals surface area (Å²) in [4.78, 5) is 0. The summed E-state index contributed by atoms with van der Waals surface area (Å²) in [7, 11) is 1.69. The first kappa shape index (κ1) is 10.6. The number of aryl methyl sites for hydroxylation is 1. The van der Waals surface area contributed by atoms with E-state index in [-0.39, 0.29) is 0 Å². The Morgan fingerprint density at radius 1 is 1.43 bits per heavy atom. The van der Waals surface area contributed by atoms with E-state index in [1.54, 1.807) is 7.11 Å². The van der Waals surface area contributed by atoms with Crippen LogP contribution < -0.4 is 10.1 Å². The van der Waals surface area contributed by atoms with E-state index in [0.717, 1.165) is 23.5 Å². The number of rotatable bonds is 4. The summed E-state index contributed by atoms with van der Waals surface area (Å²) in [6, 6.07) is 4.15. The molecule has 1 rings (SSSR count). The predicted molar refractivity (Wildman–Crippen MR) is 61.2 cm³/mol. The highest BCUT2D eigenvalue weighted by Gasteiger charge is 2.04. The SMILES string of the molecule is C=CCNc1cc(C)cc(OC)c1C. The van der Waals surface area contributed by atoms with Gasteiger partial charge in [0.2, 0.25) is 0 Å². The molecule has 14 heavy (non-hydrogen) atoms. The zero-order valence-electron chi connectivity index (χ0n) is 9.05. The van der Waals surface area contributed by atoms with Crippen molar-refractivity contribution in [2.75, 3.05) is 19.0 Å². The first-order chi connectivity index (χ1) is 6.69. The predicted octanol–water partition coefficient (Wildman–Crippen LogP) is 2.91. The van der Waals surface area contributed by atoms with Crippen LogP contribution in [0, 0.1) is 13.8 Å². The average Bonchev–Trinajstić information content (AvgIpc) is 2.18. The largest absolute Gasteiger partial charge is 0.496 e. The van der Waals surface area contributed by atoms with E-state index in [2.05, 4.69) is 24.9 Å². The molecule has 2 nitrogen and oxygen atoms in total. The molecule has 1 N–H and O–H groups in total. The van der Waals surface area contributed by atoms with Crippen molar-refractivity contribution in [1.82, 2.24) is 0 Å². The molecular formula is C12H17NO. The standard InChI is InChI=1S/C12H17NO/c1-5-6-13-11-7-9(2)8-12(14-4)10(11)3/h5,7-8,13H,1,6H2,2-4H3. The van der Waals surface area contributed by atoms with Gasteiger partial charge in [-0.05, 0) is 31.5 Å². The Hall–Kier alpha value is -1.44. The lowest BCUT2D eigenvalue weighted by Crippen LogP contribution is -2.01. The van der Waals surface area contributed by atoms with E-state index in [9.17, 15) is 0 Å². The molecule has 0 aliphatic heterocycles. The maximum atomic E-state index is 5.28. The van der Waals surface area contributed by atoms with Crippen LogP contribution in [0.5, 0.6) is 5.75 Å². The Morgan fingerprint density at radius 3 is 2.71 bits per heavy atom. The summed E-state index contributed by atoms with van der Waals surface area (Å²) in [5.74, 6) is 0.927. The van der Waals surface area contributed by atoms with Gasteiger partial charge in [0.25, 0.3) is 0 Å². The van der Waals surface area contributed by atoms with Crippen LogP contribution in [0.25, 0.3) is 0 Å². The third-order valence-corrected chi connectivity index (χ3v) is 2.16. The Kier molecular flexibility index (Phi) is 3.57. The molecule has 0 unspecified atom stereocenters. The highest BCUT2D eigenvalue weighted by Crippen LogP contribution is 2.27. The molecule has 0 saturated heterocycles. The van der Waals surface area contributed by atoms with Gasteiger partial charge in [0.05, 0.1) is 7.11 Å². The smallest absolute Gasteiger partial charge is 0.124 e. The fraction of sp³-hybridized carbons (Fsp3) is 0.333. The highest BCUT2D eigenvalue weighted by atomic mass is 16.5. The molecule has 0 aliphatic rings. The van der Waals surface area contributed by atoms with Gasteiger partial charge < -0.3 is 10.1 Å². The number of methoxy groups -OCH3 is 1. The lowest BCUT2D eigenvalue weighted by atomic mass is 10.1. The van der Waals surface area contributed by atoms with Crippen molar-refractivity contribution >= 4 is 5.69 Å². The van der Waals surface area contributed by atoms with Crippen LogP contribution in [0.2, 0.25) is 0 Å². The van der Waals surface area contributed by atoms with Crippen molar-refractivity contribution in [2.45, 2.75) is 13.8 Å². The monoisotopic (exact) mass is 191 g/mol. The summed E-state index contributed by atoms with van der Waals surface area (Å²) in [5.41, 5.74) is 3.45. The number of hydrogen-bond donors (Lipinski definition) is 1. The second-order valence-corrected chi connectivity index (χ2v) is 3.31. The van der Waals surface area contributed by atoms with Crippen LogP contribution >= 0.6 is 0 Å². The maximum absolute atomic E-state index is 5.28. The molecule has 0 atom stereocenters. The fourth-order valence-corrected chi connectivity index (χ4v) is 1.40. The van der Waals surface area contributed by atoms with Gasteiger partial charge in [-0.15, -0.1) is 6.58 Å². The molecule has 76 valence electrons. The molecule has 0 spiro atoms. The highest BCUT2D eigenvalue weighted by molar-refractivity contribution is 5.59. The van der Waals surface area contributed by atoms with E-state index < -0.39 is 0 Å². The normalized spacial score (nSPS) is 9.64. The van der Waals surface area contributed by atoms with Gasteiger partial charge in [0.1, 0.15) is 5.75 Å². The van der Waals surface area contributed by atoms with Crippen molar-refractivity contribution in [1.29, 1.82) is 0 Å². The molecule has 0 saturated carbocycles. The number of benzene rings is 1. The first-order valence-electron chi connectivity index (χ1n) is 4.69. The van der Waals surface area contributed by atoms with E-state index in [1.165, 1.54) is 5.56 Å². The lowest BCUT2D eigenvalue weighted by Gasteiger charge is -2.12. The fourth-order valence-electron chi connectivity index (χ4n) is 1.40. The first-order valence-corrected chi connectivity index (χ1v) is 4.69. The summed E-state index contributed by atoms with van der Waals surface area (Å²) in [6.07, 6.45) is 1.84. The van der Waals surface area contributed by atoms with Crippen LogP contribution in [-0.2, 0) is 0 Å². The van der Waals surface area contributed by atoms with Crippen molar-refractivity contribution in [3.63, 3.8) is 0 Å². The third kappa shape index (κ3) is 2.28. The van der Waals surface area contributed by atoms with Crippen LogP contribution in [0.1, 0.15) is 11.1 Å². The van der Waals surface area contributed by atoms with Gasteiger partial charge in [-0.25, -0.2) is 0 Å². The van der Waals surface area contributed by atoms with Crippen LogP contribution in [0.4, 0.5) is 5.69 Å². The quantitative estimate of drug-likeness (QED) is 0.739. The van der Waals surface area contributed by atoms with Gasteiger partial charge in [-0.2, -0.15) is 0 Å². The molecule has 0 heterocycles. The summed E-state index contributed by atoms with van der Waals surface area (Å²) >= 11 is 0. The topological polar surface area (TPSA) is 21.3 Å². The lowest BCUT2D eigenvalue weighted by molar-refractivity contribution is 0.411. The summed E-state index contributed by atoms with van der Waals surface area (Å²) in [5, 5.41) is 3.28. The minimum absolute atomic E-state index is 0.771. The van der Waals surface area contributed by atoms with E-state index in [1.807, 2.05) is 19.1 Å². The average molecular weight is 191 g/mol. The Balaban J connectivity index is 3.02. The van der Waals surface area contributed by atoms with Crippen LogP contribution in [0.3, 0.4) is 0 Å². The molecule has 1 aromatic rings. The van der Waals surface area contributed by atoms with Gasteiger partial charge in [-0.3, -0.25) is 0 Å². The number of anilines is 1. The molecule has 0 aliphatic carbocycles. The van der Waals surface area contributed by atoms with Crippen molar-refractivity contribution in [3.05, 3.63) is 35.9 Å². The molecule has 2 heteroatoms. The number of ether oxygens (including phenoxy) is 1. The molecule has 0 amide bonds. The maximum Gasteiger partial charge on any atom is 0.124 e. The Morgan fingerprint density at radius 2 is 2.14 bits per heavy atom. The van der Waals surface area contributed by atoms with E-state index in [4.69, 9.17) is 4.74 Å². The van der Waals surface area contributed by atoms with Crippen molar-refractivity contribution < 1.29 is 4.74 Å². The molecular weight excluding hydrogens is 174 g/mol. The summed E-state index contributed by atoms with van der Waals surface area (Å²) in [6.45, 7) is 8.55. The zero-order valence-corrected chi connectivity index (χ0v) is 9.05. The minimum Gasteiger partial charge on any atom is -0.496 e. The second-order valence-electron chi connectivity index (χ2n) is 3.31. The molecule has 0 fully saturated rings. The minimum atomic E-state index is 0.771. The van der Waals surface area contributed by atoms with Gasteiger partial charge in [-0.1, -0.05) is 6.08 Å². The van der Waals surface area contributed by atoms with Gasteiger partial charge in [0, 0.05) is 17.8 Å². The van der Waals surface area contributed by atoms with Crippen LogP contribution in [-0.4, -0.2) is 13.7 Å². The van der Waals surface area contributed by atoms with Crippen molar-refractivity contribution in [3.8, 4) is 5.75 Å². The van der Waals surface area contributed by atoms with Crippen molar-refractivity contribution in [2.24, 2.45) is 0 Å². The van der Waals surface area contributed by atoms with Gasteiger partial charge >= 0.3 is 0 Å². The molecule has 0 bridgehead atoms. The summed E-state index contributed by atoms with van der Waals surface area (Å²) < 4.78 is 5.28. The second kappa shape index (κ2) is 4.70. The molecule has 1 aromatic carbocycles. The molecule has 0 aromatic heterocycles. The Bertz CT molecular complexity index is 331. The number of hydrogen-bond acceptors (Lipinski definition) is 2. The number of nitrogens with one attached hydrogen (secondary N) is 1. The van der Waals surface area contributed by atoms with Gasteiger partial charge in [0.15, 0.2) is 0 Å². The molecule has 0 radical (unpaired) electrons. The van der Waals surface area contributed by atoms with E-state index in [0.29, 0.717) is 0 Å². The third-order valence-electron chi connectivity index (χ3n) is 2.16. The Labute approximate surface area is 85.6 Å². The van der Waals surface area contributed by atoms with E-state index >= 15 is 0 Å². The van der Waals surface area contributed by atoms with Crippen LogP contribution in [0.15, 0.2) is 24.8 Å².